The van der Waals surface area contributed by atoms with E-state index >= 15 is 0 Å². The fourth-order valence-corrected chi connectivity index (χ4v) is 4.13. The molecule has 2 fully saturated rings. The van der Waals surface area contributed by atoms with Crippen LogP contribution < -0.4 is 4.90 Å². The number of thiophene rings is 1. The van der Waals surface area contributed by atoms with Crippen LogP contribution in [0.25, 0.3) is 10.2 Å². The second-order valence-electron chi connectivity index (χ2n) is 5.66. The number of carbonyl (C=O) groups excluding carboxylic acids is 1. The zero-order valence-corrected chi connectivity index (χ0v) is 12.1. The van der Waals surface area contributed by atoms with Crippen LogP contribution in [0.2, 0.25) is 0 Å². The van der Waals surface area contributed by atoms with E-state index in [9.17, 15) is 4.79 Å². The van der Waals surface area contributed by atoms with Crippen LogP contribution in [0.1, 0.15) is 6.42 Å². The van der Waals surface area contributed by atoms with Crippen LogP contribution in [0.3, 0.4) is 0 Å². The van der Waals surface area contributed by atoms with E-state index in [0.29, 0.717) is 11.8 Å². The molecule has 0 radical (unpaired) electrons. The molecule has 4 heterocycles. The molecular weight excluding hydrogens is 272 g/mol. The van der Waals surface area contributed by atoms with E-state index in [1.54, 1.807) is 17.7 Å². The summed E-state index contributed by atoms with van der Waals surface area (Å²) in [6, 6.07) is 2.07. The molecule has 2 saturated heterocycles. The SMILES string of the molecule is CN1CC[C@@H]2CN(c3ncnc4sccc34)C[C@@H]2C1=O. The minimum atomic E-state index is 0.136. The summed E-state index contributed by atoms with van der Waals surface area (Å²) in [6.07, 6.45) is 2.73. The van der Waals surface area contributed by atoms with Gasteiger partial charge in [-0.05, 0) is 23.8 Å². The van der Waals surface area contributed by atoms with E-state index in [2.05, 4.69) is 20.9 Å². The number of fused-ring (bicyclic) bond motifs is 2. The smallest absolute Gasteiger partial charge is 0.227 e. The highest BCUT2D eigenvalue weighted by atomic mass is 32.1. The highest BCUT2D eigenvalue weighted by Crippen LogP contribution is 2.36. The van der Waals surface area contributed by atoms with Gasteiger partial charge in [-0.2, -0.15) is 0 Å². The maximum Gasteiger partial charge on any atom is 0.227 e. The van der Waals surface area contributed by atoms with Gasteiger partial charge in [0.1, 0.15) is 17.0 Å². The second-order valence-corrected chi connectivity index (χ2v) is 6.55. The van der Waals surface area contributed by atoms with Crippen molar-refractivity contribution in [3.63, 3.8) is 0 Å². The molecule has 0 bridgehead atoms. The fourth-order valence-electron chi connectivity index (χ4n) is 3.40. The summed E-state index contributed by atoms with van der Waals surface area (Å²) in [7, 11) is 1.91. The zero-order chi connectivity index (χ0) is 13.7. The Balaban J connectivity index is 1.68. The molecule has 2 aromatic heterocycles. The van der Waals surface area contributed by atoms with Crippen LogP contribution in [-0.4, -0.2) is 47.5 Å². The standard InChI is InChI=1S/C14H16N4OS/c1-17-4-2-9-6-18(7-11(9)14(17)19)12-10-3-5-20-13(10)16-8-15-12/h3,5,8-9,11H,2,4,6-7H2,1H3/t9-,11+/m1/s1. The van der Waals surface area contributed by atoms with E-state index in [-0.39, 0.29) is 5.92 Å². The number of hydrogen-bond acceptors (Lipinski definition) is 5. The normalized spacial score (nSPS) is 26.4. The molecule has 0 spiro atoms. The molecule has 5 nitrogen and oxygen atoms in total. The summed E-state index contributed by atoms with van der Waals surface area (Å²) in [5, 5.41) is 3.15. The zero-order valence-electron chi connectivity index (χ0n) is 11.3. The molecule has 2 aliphatic heterocycles. The highest BCUT2D eigenvalue weighted by molar-refractivity contribution is 7.16. The summed E-state index contributed by atoms with van der Waals surface area (Å²) in [5.41, 5.74) is 0. The maximum atomic E-state index is 12.3. The number of amides is 1. The Morgan fingerprint density at radius 1 is 1.35 bits per heavy atom. The minimum absolute atomic E-state index is 0.136. The van der Waals surface area contributed by atoms with Crippen LogP contribution in [0, 0.1) is 11.8 Å². The summed E-state index contributed by atoms with van der Waals surface area (Å²) in [4.78, 5) is 26.2. The van der Waals surface area contributed by atoms with Crippen molar-refractivity contribution in [2.75, 3.05) is 31.6 Å². The van der Waals surface area contributed by atoms with Crippen LogP contribution in [-0.2, 0) is 4.79 Å². The number of piperidine rings is 1. The number of likely N-dealkylation sites (tertiary alicyclic amines) is 1. The summed E-state index contributed by atoms with van der Waals surface area (Å²) >= 11 is 1.63. The van der Waals surface area contributed by atoms with Gasteiger partial charge in [-0.1, -0.05) is 0 Å². The molecule has 4 rings (SSSR count). The molecule has 0 aromatic carbocycles. The lowest BCUT2D eigenvalue weighted by molar-refractivity contribution is -0.137. The Labute approximate surface area is 121 Å². The summed E-state index contributed by atoms with van der Waals surface area (Å²) in [6.45, 7) is 2.60. The first-order valence-corrected chi connectivity index (χ1v) is 7.80. The number of anilines is 1. The summed E-state index contributed by atoms with van der Waals surface area (Å²) < 4.78 is 0. The Kier molecular flexibility index (Phi) is 2.66. The molecule has 2 aromatic rings. The largest absolute Gasteiger partial charge is 0.355 e. The first-order chi connectivity index (χ1) is 9.74. The predicted octanol–water partition coefficient (Wildman–Crippen LogP) is 1.61. The Morgan fingerprint density at radius 3 is 3.15 bits per heavy atom. The lowest BCUT2D eigenvalue weighted by atomic mass is 9.88. The maximum absolute atomic E-state index is 12.3. The van der Waals surface area contributed by atoms with Gasteiger partial charge in [0.25, 0.3) is 0 Å². The number of rotatable bonds is 1. The molecule has 0 unspecified atom stereocenters. The van der Waals surface area contributed by atoms with Gasteiger partial charge in [-0.25, -0.2) is 9.97 Å². The van der Waals surface area contributed by atoms with Gasteiger partial charge in [-0.3, -0.25) is 4.79 Å². The lowest BCUT2D eigenvalue weighted by Crippen LogP contribution is -2.42. The van der Waals surface area contributed by atoms with Crippen molar-refractivity contribution in [2.24, 2.45) is 11.8 Å². The van der Waals surface area contributed by atoms with Crippen molar-refractivity contribution < 1.29 is 4.79 Å². The van der Waals surface area contributed by atoms with Crippen LogP contribution in [0.4, 0.5) is 5.82 Å². The first kappa shape index (κ1) is 12.1. The highest BCUT2D eigenvalue weighted by Gasteiger charge is 2.42. The average molecular weight is 288 g/mol. The average Bonchev–Trinajstić information content (AvgIpc) is 3.09. The van der Waals surface area contributed by atoms with Crippen molar-refractivity contribution in [1.82, 2.24) is 14.9 Å². The van der Waals surface area contributed by atoms with Crippen LogP contribution in [0.15, 0.2) is 17.8 Å². The predicted molar refractivity (Wildman–Crippen MR) is 78.9 cm³/mol. The van der Waals surface area contributed by atoms with Crippen molar-refractivity contribution in [3.8, 4) is 0 Å². The van der Waals surface area contributed by atoms with Gasteiger partial charge in [0.05, 0.1) is 11.3 Å². The number of carbonyl (C=O) groups is 1. The van der Waals surface area contributed by atoms with Crippen molar-refractivity contribution in [2.45, 2.75) is 6.42 Å². The van der Waals surface area contributed by atoms with Gasteiger partial charge >= 0.3 is 0 Å². The third kappa shape index (κ3) is 1.71. The lowest BCUT2D eigenvalue weighted by Gasteiger charge is -2.30. The Hall–Kier alpha value is -1.69. The monoisotopic (exact) mass is 288 g/mol. The quantitative estimate of drug-likeness (QED) is 0.800. The minimum Gasteiger partial charge on any atom is -0.355 e. The second kappa shape index (κ2) is 4.41. The van der Waals surface area contributed by atoms with Gasteiger partial charge in [0, 0.05) is 26.7 Å². The summed E-state index contributed by atoms with van der Waals surface area (Å²) in [5.74, 6) is 1.89. The van der Waals surface area contributed by atoms with E-state index in [1.807, 2.05) is 17.3 Å². The molecule has 20 heavy (non-hydrogen) atoms. The van der Waals surface area contributed by atoms with Gasteiger partial charge in [0.15, 0.2) is 0 Å². The molecule has 6 heteroatoms. The van der Waals surface area contributed by atoms with Gasteiger partial charge in [0.2, 0.25) is 5.91 Å². The van der Waals surface area contributed by atoms with Crippen LogP contribution in [0.5, 0.6) is 0 Å². The fraction of sp³-hybridized carbons (Fsp3) is 0.500. The Morgan fingerprint density at radius 2 is 2.25 bits per heavy atom. The molecule has 0 saturated carbocycles. The number of aromatic nitrogens is 2. The van der Waals surface area contributed by atoms with Gasteiger partial charge < -0.3 is 9.80 Å². The molecule has 0 N–H and O–H groups in total. The van der Waals surface area contributed by atoms with E-state index in [0.717, 1.165) is 42.1 Å². The van der Waals surface area contributed by atoms with Crippen molar-refractivity contribution >= 4 is 33.3 Å². The van der Waals surface area contributed by atoms with Crippen molar-refractivity contribution in [1.29, 1.82) is 0 Å². The molecule has 2 aliphatic rings. The van der Waals surface area contributed by atoms with Gasteiger partial charge in [-0.15, -0.1) is 11.3 Å². The van der Waals surface area contributed by atoms with E-state index in [4.69, 9.17) is 0 Å². The third-order valence-corrected chi connectivity index (χ3v) is 5.33. The topological polar surface area (TPSA) is 49.3 Å². The third-order valence-electron chi connectivity index (χ3n) is 4.51. The molecule has 2 atom stereocenters. The molecule has 1 amide bonds. The van der Waals surface area contributed by atoms with E-state index < -0.39 is 0 Å². The first-order valence-electron chi connectivity index (χ1n) is 6.92. The Bertz CT molecular complexity index is 670. The molecular formula is C14H16N4OS. The molecule has 0 aliphatic carbocycles. The molecule has 104 valence electrons. The number of nitrogens with zero attached hydrogens (tertiary/aromatic N) is 4. The van der Waals surface area contributed by atoms with Crippen LogP contribution >= 0.6 is 11.3 Å². The number of hydrogen-bond donors (Lipinski definition) is 0. The van der Waals surface area contributed by atoms with E-state index in [1.165, 1.54) is 0 Å². The van der Waals surface area contributed by atoms with Crippen molar-refractivity contribution in [3.05, 3.63) is 17.8 Å².